The summed E-state index contributed by atoms with van der Waals surface area (Å²) in [5.74, 6) is 2.11. The molecule has 0 radical (unpaired) electrons. The summed E-state index contributed by atoms with van der Waals surface area (Å²) in [4.78, 5) is 0. The molecule has 86 valence electrons. The molecule has 0 rings (SSSR count). The molecule has 15 heavy (non-hydrogen) atoms. The fraction of sp³-hybridized carbons (Fsp3) is 0.636. The summed E-state index contributed by atoms with van der Waals surface area (Å²) in [6, 6.07) is 0. The van der Waals surface area contributed by atoms with Crippen LogP contribution in [-0.2, 0) is 14.3 Å². The van der Waals surface area contributed by atoms with Gasteiger partial charge in [0.05, 0.1) is 5.41 Å². The molecule has 0 spiro atoms. The van der Waals surface area contributed by atoms with E-state index in [4.69, 9.17) is 6.42 Å². The largest absolute Gasteiger partial charge is 0.290 e. The topological polar surface area (TPSA) is 43.4 Å². The highest BCUT2D eigenvalue weighted by Crippen LogP contribution is 2.04. The molecular weight excluding hydrogens is 212 g/mol. The SMILES string of the molecule is C#CCOS(=O)(=O)/C=C/CCCCCC. The second-order valence-corrected chi connectivity index (χ2v) is 4.67. The quantitative estimate of drug-likeness (QED) is 0.365. The van der Waals surface area contributed by atoms with Crippen molar-refractivity contribution in [3.63, 3.8) is 0 Å². The molecule has 3 nitrogen and oxygen atoms in total. The fourth-order valence-electron chi connectivity index (χ4n) is 1.03. The third-order valence-electron chi connectivity index (χ3n) is 1.79. The van der Waals surface area contributed by atoms with Crippen molar-refractivity contribution in [3.05, 3.63) is 11.5 Å². The van der Waals surface area contributed by atoms with Gasteiger partial charge in [0.25, 0.3) is 10.1 Å². The Morgan fingerprint density at radius 1 is 1.33 bits per heavy atom. The van der Waals surface area contributed by atoms with Gasteiger partial charge in [0.15, 0.2) is 0 Å². The zero-order chi connectivity index (χ0) is 11.6. The van der Waals surface area contributed by atoms with Crippen LogP contribution in [0.3, 0.4) is 0 Å². The maximum Gasteiger partial charge on any atom is 0.290 e. The van der Waals surface area contributed by atoms with Crippen LogP contribution >= 0.6 is 0 Å². The minimum absolute atomic E-state index is 0.206. The van der Waals surface area contributed by atoms with E-state index in [0.29, 0.717) is 0 Å². The standard InChI is InChI=1S/C11H18O3S/c1-3-5-6-7-8-9-11-15(12,13)14-10-4-2/h2,9,11H,3,5-8,10H2,1H3/b11-9+. The summed E-state index contributed by atoms with van der Waals surface area (Å²) >= 11 is 0. The van der Waals surface area contributed by atoms with Crippen molar-refractivity contribution in [1.29, 1.82) is 0 Å². The van der Waals surface area contributed by atoms with Crippen molar-refractivity contribution in [2.75, 3.05) is 6.61 Å². The van der Waals surface area contributed by atoms with Crippen LogP contribution in [0.25, 0.3) is 0 Å². The zero-order valence-electron chi connectivity index (χ0n) is 9.11. The van der Waals surface area contributed by atoms with E-state index in [0.717, 1.165) is 24.7 Å². The lowest BCUT2D eigenvalue weighted by Crippen LogP contribution is -2.01. The molecule has 0 aliphatic heterocycles. The van der Waals surface area contributed by atoms with E-state index in [1.54, 1.807) is 6.08 Å². The van der Waals surface area contributed by atoms with Crippen molar-refractivity contribution in [2.24, 2.45) is 0 Å². The van der Waals surface area contributed by atoms with Crippen LogP contribution in [0, 0.1) is 12.3 Å². The minimum atomic E-state index is -3.56. The molecule has 0 aromatic heterocycles. The van der Waals surface area contributed by atoms with Crippen LogP contribution < -0.4 is 0 Å². The zero-order valence-corrected chi connectivity index (χ0v) is 9.92. The van der Waals surface area contributed by atoms with Gasteiger partial charge in [-0.1, -0.05) is 38.2 Å². The van der Waals surface area contributed by atoms with Crippen LogP contribution in [-0.4, -0.2) is 15.0 Å². The number of terminal acetylenes is 1. The fourth-order valence-corrected chi connectivity index (χ4v) is 1.71. The minimum Gasteiger partial charge on any atom is -0.254 e. The molecule has 0 saturated heterocycles. The molecule has 0 fully saturated rings. The molecule has 0 aliphatic carbocycles. The van der Waals surface area contributed by atoms with Gasteiger partial charge in [0.2, 0.25) is 0 Å². The number of allylic oxidation sites excluding steroid dienone is 1. The van der Waals surface area contributed by atoms with Crippen LogP contribution in [0.15, 0.2) is 11.5 Å². The molecule has 0 amide bonds. The molecule has 0 unspecified atom stereocenters. The Kier molecular flexibility index (Phi) is 8.06. The van der Waals surface area contributed by atoms with Crippen molar-refractivity contribution < 1.29 is 12.6 Å². The molecule has 0 aliphatic rings. The van der Waals surface area contributed by atoms with Gasteiger partial charge in [-0.2, -0.15) is 8.42 Å². The highest BCUT2D eigenvalue weighted by Gasteiger charge is 2.02. The number of rotatable bonds is 8. The van der Waals surface area contributed by atoms with E-state index < -0.39 is 10.1 Å². The van der Waals surface area contributed by atoms with Crippen molar-refractivity contribution in [2.45, 2.75) is 39.0 Å². The summed E-state index contributed by atoms with van der Waals surface area (Å²) < 4.78 is 26.6. The van der Waals surface area contributed by atoms with Gasteiger partial charge in [-0.05, 0) is 12.8 Å². The predicted molar refractivity (Wildman–Crippen MR) is 61.6 cm³/mol. The smallest absolute Gasteiger partial charge is 0.254 e. The first kappa shape index (κ1) is 14.2. The average molecular weight is 230 g/mol. The van der Waals surface area contributed by atoms with Crippen LogP contribution in [0.2, 0.25) is 0 Å². The van der Waals surface area contributed by atoms with Gasteiger partial charge in [-0.3, -0.25) is 4.18 Å². The first-order valence-electron chi connectivity index (χ1n) is 5.12. The van der Waals surface area contributed by atoms with Crippen LogP contribution in [0.5, 0.6) is 0 Å². The first-order valence-corrected chi connectivity index (χ1v) is 6.59. The Balaban J connectivity index is 3.71. The highest BCUT2D eigenvalue weighted by molar-refractivity contribution is 7.89. The van der Waals surface area contributed by atoms with E-state index in [-0.39, 0.29) is 6.61 Å². The second-order valence-electron chi connectivity index (χ2n) is 3.18. The normalized spacial score (nSPS) is 11.7. The number of unbranched alkanes of at least 4 members (excludes halogenated alkanes) is 4. The monoisotopic (exact) mass is 230 g/mol. The molecule has 0 atom stereocenters. The lowest BCUT2D eigenvalue weighted by Gasteiger charge is -1.96. The van der Waals surface area contributed by atoms with Gasteiger partial charge in [0.1, 0.15) is 6.61 Å². The van der Waals surface area contributed by atoms with Crippen LogP contribution in [0.1, 0.15) is 39.0 Å². The molecular formula is C11H18O3S. The summed E-state index contributed by atoms with van der Waals surface area (Å²) in [5.41, 5.74) is 0. The third-order valence-corrected chi connectivity index (χ3v) is 2.77. The Morgan fingerprint density at radius 2 is 2.07 bits per heavy atom. The van der Waals surface area contributed by atoms with Gasteiger partial charge in [0, 0.05) is 0 Å². The first-order chi connectivity index (χ1) is 7.12. The average Bonchev–Trinajstić information content (AvgIpc) is 2.20. The van der Waals surface area contributed by atoms with Gasteiger partial charge in [-0.15, -0.1) is 6.42 Å². The summed E-state index contributed by atoms with van der Waals surface area (Å²) in [6.07, 6.45) is 11.8. The molecule has 0 aromatic rings. The lowest BCUT2D eigenvalue weighted by molar-refractivity contribution is 0.370. The molecule has 0 aromatic carbocycles. The maximum absolute atomic E-state index is 11.1. The summed E-state index contributed by atoms with van der Waals surface area (Å²) in [6.45, 7) is 1.93. The number of hydrogen-bond donors (Lipinski definition) is 0. The van der Waals surface area contributed by atoms with Crippen molar-refractivity contribution >= 4 is 10.1 Å². The Hall–Kier alpha value is -0.790. The van der Waals surface area contributed by atoms with E-state index in [1.165, 1.54) is 12.8 Å². The van der Waals surface area contributed by atoms with Crippen LogP contribution in [0.4, 0.5) is 0 Å². The summed E-state index contributed by atoms with van der Waals surface area (Å²) in [7, 11) is -3.56. The Bertz CT molecular complexity index is 309. The van der Waals surface area contributed by atoms with E-state index in [2.05, 4.69) is 17.0 Å². The van der Waals surface area contributed by atoms with Gasteiger partial charge < -0.3 is 0 Å². The van der Waals surface area contributed by atoms with E-state index in [1.807, 2.05) is 0 Å². The van der Waals surface area contributed by atoms with Gasteiger partial charge >= 0.3 is 0 Å². The molecule has 0 N–H and O–H groups in total. The van der Waals surface area contributed by atoms with Crippen molar-refractivity contribution in [1.82, 2.24) is 0 Å². The predicted octanol–water partition coefficient (Wildman–Crippen LogP) is 2.45. The number of hydrogen-bond acceptors (Lipinski definition) is 3. The van der Waals surface area contributed by atoms with Gasteiger partial charge in [-0.25, -0.2) is 0 Å². The van der Waals surface area contributed by atoms with E-state index >= 15 is 0 Å². The lowest BCUT2D eigenvalue weighted by atomic mass is 10.2. The molecule has 4 heteroatoms. The van der Waals surface area contributed by atoms with E-state index in [9.17, 15) is 8.42 Å². The third kappa shape index (κ3) is 9.51. The highest BCUT2D eigenvalue weighted by atomic mass is 32.2. The maximum atomic E-state index is 11.1. The summed E-state index contributed by atoms with van der Waals surface area (Å²) in [5, 5.41) is 1.08. The molecule has 0 bridgehead atoms. The Morgan fingerprint density at radius 3 is 2.67 bits per heavy atom. The Labute approximate surface area is 92.6 Å². The molecule has 0 saturated carbocycles. The second kappa shape index (κ2) is 8.51. The molecule has 0 heterocycles. The van der Waals surface area contributed by atoms with Crippen molar-refractivity contribution in [3.8, 4) is 12.3 Å².